The minimum absolute atomic E-state index is 0.289. The van der Waals surface area contributed by atoms with Crippen LogP contribution in [0, 0.1) is 5.92 Å². The van der Waals surface area contributed by atoms with Gasteiger partial charge in [0.05, 0.1) is 29.2 Å². The van der Waals surface area contributed by atoms with Crippen LogP contribution in [0.15, 0.2) is 30.9 Å². The first kappa shape index (κ1) is 17.5. The highest BCUT2D eigenvalue weighted by molar-refractivity contribution is 6.02. The number of aryl methyl sites for hydroxylation is 1. The van der Waals surface area contributed by atoms with Gasteiger partial charge < -0.3 is 16.4 Å². The largest absolute Gasteiger partial charge is 0.379 e. The van der Waals surface area contributed by atoms with Crippen molar-refractivity contribution < 1.29 is 4.79 Å². The van der Waals surface area contributed by atoms with Crippen molar-refractivity contribution in [2.75, 3.05) is 18.4 Å². The number of fused-ring (bicyclic) bond motifs is 1. The molecule has 8 nitrogen and oxygen atoms in total. The summed E-state index contributed by atoms with van der Waals surface area (Å²) in [6, 6.07) is 2.32. The average Bonchev–Trinajstić information content (AvgIpc) is 3.28. The SMILES string of the molecule is CCC1CNCCC1Nc1c(C(N)=O)cnn2cc(-c3cnn(C)c3)cc12. The van der Waals surface area contributed by atoms with Crippen molar-refractivity contribution in [1.82, 2.24) is 24.7 Å². The molecule has 3 aromatic heterocycles. The summed E-state index contributed by atoms with van der Waals surface area (Å²) in [7, 11) is 1.89. The summed E-state index contributed by atoms with van der Waals surface area (Å²) in [5.41, 5.74) is 9.68. The second-order valence-electron chi connectivity index (χ2n) is 7.17. The van der Waals surface area contributed by atoms with Gasteiger partial charge in [-0.2, -0.15) is 10.2 Å². The Balaban J connectivity index is 1.79. The summed E-state index contributed by atoms with van der Waals surface area (Å²) in [5.74, 6) is 0.0269. The number of nitrogens with two attached hydrogens (primary N) is 1. The molecule has 4 rings (SSSR count). The molecule has 0 aromatic carbocycles. The molecule has 0 bridgehead atoms. The molecule has 0 radical (unpaired) electrons. The van der Waals surface area contributed by atoms with E-state index >= 15 is 0 Å². The number of nitrogens with one attached hydrogen (secondary N) is 2. The topological polar surface area (TPSA) is 102 Å². The van der Waals surface area contributed by atoms with Gasteiger partial charge in [0.1, 0.15) is 0 Å². The Morgan fingerprint density at radius 1 is 1.33 bits per heavy atom. The van der Waals surface area contributed by atoms with Crippen molar-refractivity contribution in [3.8, 4) is 11.1 Å². The van der Waals surface area contributed by atoms with Crippen molar-refractivity contribution in [3.05, 3.63) is 36.4 Å². The lowest BCUT2D eigenvalue weighted by Crippen LogP contribution is -2.44. The standard InChI is InChI=1S/C19H25N7O/c1-3-12-7-21-5-4-16(12)24-18-15(19(20)27)9-23-26-11-13(6-17(18)26)14-8-22-25(2)10-14/h6,8-12,16,21,24H,3-5,7H2,1-2H3,(H2,20,27). The van der Waals surface area contributed by atoms with Gasteiger partial charge in [-0.05, 0) is 31.5 Å². The number of nitrogens with zero attached hydrogens (tertiary/aromatic N) is 4. The molecular formula is C19H25N7O. The molecular weight excluding hydrogens is 342 g/mol. The quantitative estimate of drug-likeness (QED) is 0.636. The Hall–Kier alpha value is -2.87. The number of hydrogen-bond donors (Lipinski definition) is 3. The Bertz CT molecular complexity index is 974. The molecule has 1 saturated heterocycles. The summed E-state index contributed by atoms with van der Waals surface area (Å²) in [4.78, 5) is 12.0. The van der Waals surface area contributed by atoms with E-state index in [4.69, 9.17) is 5.73 Å². The van der Waals surface area contributed by atoms with Crippen LogP contribution in [0.25, 0.3) is 16.6 Å². The highest BCUT2D eigenvalue weighted by Gasteiger charge is 2.26. The van der Waals surface area contributed by atoms with E-state index in [9.17, 15) is 4.79 Å². The van der Waals surface area contributed by atoms with Crippen LogP contribution in [-0.2, 0) is 7.05 Å². The van der Waals surface area contributed by atoms with Crippen molar-refractivity contribution in [2.24, 2.45) is 18.7 Å². The van der Waals surface area contributed by atoms with E-state index in [1.54, 1.807) is 15.4 Å². The molecule has 1 aliphatic heterocycles. The fraction of sp³-hybridized carbons (Fsp3) is 0.421. The average molecular weight is 367 g/mol. The number of anilines is 1. The lowest BCUT2D eigenvalue weighted by Gasteiger charge is -2.33. The predicted molar refractivity (Wildman–Crippen MR) is 105 cm³/mol. The molecule has 0 aliphatic carbocycles. The number of rotatable bonds is 5. The van der Waals surface area contributed by atoms with Crippen LogP contribution in [0.5, 0.6) is 0 Å². The van der Waals surface area contributed by atoms with Gasteiger partial charge in [0.25, 0.3) is 5.91 Å². The molecule has 3 aromatic rings. The van der Waals surface area contributed by atoms with Crippen LogP contribution in [0.4, 0.5) is 5.69 Å². The van der Waals surface area contributed by atoms with Crippen molar-refractivity contribution in [3.63, 3.8) is 0 Å². The van der Waals surface area contributed by atoms with Gasteiger partial charge >= 0.3 is 0 Å². The third kappa shape index (κ3) is 3.28. The maximum atomic E-state index is 12.0. The van der Waals surface area contributed by atoms with Crippen LogP contribution >= 0.6 is 0 Å². The van der Waals surface area contributed by atoms with Crippen molar-refractivity contribution in [2.45, 2.75) is 25.8 Å². The highest BCUT2D eigenvalue weighted by atomic mass is 16.1. The summed E-state index contributed by atoms with van der Waals surface area (Å²) in [6.45, 7) is 4.13. The normalized spacial score (nSPS) is 20.1. The van der Waals surface area contributed by atoms with Crippen LogP contribution in [0.1, 0.15) is 30.1 Å². The van der Waals surface area contributed by atoms with E-state index < -0.39 is 5.91 Å². The summed E-state index contributed by atoms with van der Waals surface area (Å²) in [5, 5.41) is 15.7. The second-order valence-corrected chi connectivity index (χ2v) is 7.17. The van der Waals surface area contributed by atoms with Crippen LogP contribution in [0.3, 0.4) is 0 Å². The van der Waals surface area contributed by atoms with Crippen molar-refractivity contribution in [1.29, 1.82) is 0 Å². The molecule has 4 heterocycles. The predicted octanol–water partition coefficient (Wildman–Crippen LogP) is 1.63. The van der Waals surface area contributed by atoms with E-state index in [1.165, 1.54) is 0 Å². The number of carbonyl (C=O) groups excluding carboxylic acids is 1. The molecule has 142 valence electrons. The number of amides is 1. The van der Waals surface area contributed by atoms with E-state index in [2.05, 4.69) is 27.8 Å². The number of hydrogen-bond acceptors (Lipinski definition) is 5. The third-order valence-electron chi connectivity index (χ3n) is 5.40. The first-order valence-electron chi connectivity index (χ1n) is 9.34. The van der Waals surface area contributed by atoms with Gasteiger partial charge in [0.2, 0.25) is 0 Å². The van der Waals surface area contributed by atoms with Gasteiger partial charge in [-0.25, -0.2) is 4.52 Å². The van der Waals surface area contributed by atoms with Gasteiger partial charge in [-0.1, -0.05) is 13.3 Å². The van der Waals surface area contributed by atoms with Gasteiger partial charge in [0, 0.05) is 36.6 Å². The number of carbonyl (C=O) groups is 1. The lowest BCUT2D eigenvalue weighted by molar-refractivity contribution is 0.100. The molecule has 1 amide bonds. The Kier molecular flexibility index (Phi) is 4.57. The Morgan fingerprint density at radius 3 is 2.89 bits per heavy atom. The van der Waals surface area contributed by atoms with E-state index in [1.807, 2.05) is 31.7 Å². The fourth-order valence-corrected chi connectivity index (χ4v) is 3.85. The highest BCUT2D eigenvalue weighted by Crippen LogP contribution is 2.30. The summed E-state index contributed by atoms with van der Waals surface area (Å²) < 4.78 is 3.55. The van der Waals surface area contributed by atoms with Crippen LogP contribution < -0.4 is 16.4 Å². The monoisotopic (exact) mass is 367 g/mol. The fourth-order valence-electron chi connectivity index (χ4n) is 3.85. The maximum Gasteiger partial charge on any atom is 0.252 e. The van der Waals surface area contributed by atoms with E-state index in [0.717, 1.165) is 48.3 Å². The molecule has 8 heteroatoms. The molecule has 0 spiro atoms. The van der Waals surface area contributed by atoms with E-state index in [0.29, 0.717) is 11.5 Å². The number of aromatic nitrogens is 4. The number of primary amides is 1. The first-order valence-corrected chi connectivity index (χ1v) is 9.34. The maximum absolute atomic E-state index is 12.0. The molecule has 2 atom stereocenters. The molecule has 2 unspecified atom stereocenters. The zero-order chi connectivity index (χ0) is 19.0. The smallest absolute Gasteiger partial charge is 0.252 e. The van der Waals surface area contributed by atoms with Gasteiger partial charge in [0.15, 0.2) is 0 Å². The minimum Gasteiger partial charge on any atom is -0.379 e. The summed E-state index contributed by atoms with van der Waals surface area (Å²) >= 11 is 0. The molecule has 27 heavy (non-hydrogen) atoms. The van der Waals surface area contributed by atoms with Crippen LogP contribution in [-0.4, -0.2) is 44.4 Å². The first-order chi connectivity index (χ1) is 13.1. The third-order valence-corrected chi connectivity index (χ3v) is 5.40. The van der Waals surface area contributed by atoms with Gasteiger partial charge in [-0.3, -0.25) is 9.48 Å². The van der Waals surface area contributed by atoms with E-state index in [-0.39, 0.29) is 6.04 Å². The lowest BCUT2D eigenvalue weighted by atomic mass is 9.90. The molecule has 4 N–H and O–H groups in total. The second kappa shape index (κ2) is 7.03. The van der Waals surface area contributed by atoms with Gasteiger partial charge in [-0.15, -0.1) is 0 Å². The summed E-state index contributed by atoms with van der Waals surface area (Å²) in [6.07, 6.45) is 9.34. The zero-order valence-corrected chi connectivity index (χ0v) is 15.6. The van der Waals surface area contributed by atoms with Crippen LogP contribution in [0.2, 0.25) is 0 Å². The molecule has 1 fully saturated rings. The molecule has 0 saturated carbocycles. The van der Waals surface area contributed by atoms with Crippen molar-refractivity contribution >= 4 is 17.1 Å². The number of piperidine rings is 1. The minimum atomic E-state index is -0.474. The Labute approximate surface area is 157 Å². The molecule has 1 aliphatic rings. The zero-order valence-electron chi connectivity index (χ0n) is 15.6. The Morgan fingerprint density at radius 2 is 2.19 bits per heavy atom.